The number of amides is 1. The Morgan fingerprint density at radius 3 is 2.70 bits per heavy atom. The summed E-state index contributed by atoms with van der Waals surface area (Å²) in [6.07, 6.45) is -0.347. The molecule has 1 atom stereocenters. The summed E-state index contributed by atoms with van der Waals surface area (Å²) in [7, 11) is 0. The highest BCUT2D eigenvalue weighted by atomic mass is 35.5. The standard InChI is InChI=1S/C13H12ClF2NO3/c14-10-6-9(15)2-1-8(10)5-11(18)17-4-3-13(16,7-17)12(19)20/h1-2,6H,3-5,7H2,(H,19,20). The van der Waals surface area contributed by atoms with Gasteiger partial charge in [0, 0.05) is 18.0 Å². The van der Waals surface area contributed by atoms with Crippen LogP contribution in [0.5, 0.6) is 0 Å². The van der Waals surface area contributed by atoms with Crippen LogP contribution in [0.4, 0.5) is 8.78 Å². The van der Waals surface area contributed by atoms with E-state index in [0.29, 0.717) is 5.56 Å². The van der Waals surface area contributed by atoms with Crippen molar-refractivity contribution >= 4 is 23.5 Å². The Morgan fingerprint density at radius 1 is 1.45 bits per heavy atom. The van der Waals surface area contributed by atoms with Gasteiger partial charge in [0.1, 0.15) is 5.82 Å². The topological polar surface area (TPSA) is 57.6 Å². The van der Waals surface area contributed by atoms with Crippen molar-refractivity contribution < 1.29 is 23.5 Å². The fraction of sp³-hybridized carbons (Fsp3) is 0.385. The predicted octanol–water partition coefficient (Wildman–Crippen LogP) is 2.05. The van der Waals surface area contributed by atoms with E-state index in [1.54, 1.807) is 0 Å². The molecule has 20 heavy (non-hydrogen) atoms. The lowest BCUT2D eigenvalue weighted by Crippen LogP contribution is -2.39. The third-order valence-electron chi connectivity index (χ3n) is 3.31. The van der Waals surface area contributed by atoms with Crippen LogP contribution in [0.3, 0.4) is 0 Å². The second kappa shape index (κ2) is 5.36. The van der Waals surface area contributed by atoms with Crippen molar-refractivity contribution in [3.05, 3.63) is 34.6 Å². The summed E-state index contributed by atoms with van der Waals surface area (Å²) in [4.78, 5) is 23.9. The van der Waals surface area contributed by atoms with Crippen LogP contribution in [0.25, 0.3) is 0 Å². The molecule has 0 aromatic heterocycles. The van der Waals surface area contributed by atoms with E-state index in [2.05, 4.69) is 0 Å². The fourth-order valence-electron chi connectivity index (χ4n) is 2.10. The van der Waals surface area contributed by atoms with Crippen LogP contribution < -0.4 is 0 Å². The number of hydrogen-bond donors (Lipinski definition) is 1. The van der Waals surface area contributed by atoms with Gasteiger partial charge in [-0.3, -0.25) is 4.79 Å². The number of carbonyl (C=O) groups excluding carboxylic acids is 1. The number of carbonyl (C=O) groups is 2. The number of halogens is 3. The molecular weight excluding hydrogens is 292 g/mol. The summed E-state index contributed by atoms with van der Waals surface area (Å²) in [5, 5.41) is 8.87. The van der Waals surface area contributed by atoms with Gasteiger partial charge in [-0.25, -0.2) is 13.6 Å². The lowest BCUT2D eigenvalue weighted by atomic mass is 10.1. The molecule has 7 heteroatoms. The fourth-order valence-corrected chi connectivity index (χ4v) is 2.33. The van der Waals surface area contributed by atoms with E-state index in [4.69, 9.17) is 16.7 Å². The van der Waals surface area contributed by atoms with E-state index >= 15 is 0 Å². The maximum absolute atomic E-state index is 13.8. The predicted molar refractivity (Wildman–Crippen MR) is 67.8 cm³/mol. The van der Waals surface area contributed by atoms with Crippen LogP contribution in [0, 0.1) is 5.82 Å². The minimum atomic E-state index is -2.39. The maximum Gasteiger partial charge on any atom is 0.343 e. The van der Waals surface area contributed by atoms with Crippen LogP contribution in [0.1, 0.15) is 12.0 Å². The molecule has 0 bridgehead atoms. The molecule has 1 saturated heterocycles. The first-order valence-corrected chi connectivity index (χ1v) is 6.34. The highest BCUT2D eigenvalue weighted by Crippen LogP contribution is 2.27. The van der Waals surface area contributed by atoms with E-state index < -0.39 is 29.9 Å². The summed E-state index contributed by atoms with van der Waals surface area (Å²) in [6.45, 7) is -0.430. The molecule has 1 aromatic rings. The molecule has 0 radical (unpaired) electrons. The molecule has 2 rings (SSSR count). The second-order valence-electron chi connectivity index (χ2n) is 4.75. The van der Waals surface area contributed by atoms with Crippen molar-refractivity contribution in [2.45, 2.75) is 18.5 Å². The number of alkyl halides is 1. The summed E-state index contributed by atoms with van der Waals surface area (Å²) in [6, 6.07) is 3.64. The van der Waals surface area contributed by atoms with Gasteiger partial charge in [0.25, 0.3) is 0 Å². The quantitative estimate of drug-likeness (QED) is 0.930. The number of nitrogens with zero attached hydrogens (tertiary/aromatic N) is 1. The SMILES string of the molecule is O=C(Cc1ccc(F)cc1Cl)N1CCC(F)(C(=O)O)C1. The van der Waals surface area contributed by atoms with Crippen LogP contribution >= 0.6 is 11.6 Å². The van der Waals surface area contributed by atoms with Gasteiger partial charge < -0.3 is 10.0 Å². The average molecular weight is 304 g/mol. The first-order chi connectivity index (χ1) is 9.32. The number of rotatable bonds is 3. The molecule has 1 unspecified atom stereocenters. The summed E-state index contributed by atoms with van der Waals surface area (Å²) in [5.41, 5.74) is -1.97. The molecule has 1 aromatic carbocycles. The van der Waals surface area contributed by atoms with E-state index in [9.17, 15) is 18.4 Å². The van der Waals surface area contributed by atoms with Crippen molar-refractivity contribution in [1.29, 1.82) is 0 Å². The van der Waals surface area contributed by atoms with Crippen LogP contribution in [-0.2, 0) is 16.0 Å². The van der Waals surface area contributed by atoms with Crippen molar-refractivity contribution in [2.24, 2.45) is 0 Å². The Kier molecular flexibility index (Phi) is 3.94. The van der Waals surface area contributed by atoms with Crippen molar-refractivity contribution in [1.82, 2.24) is 4.90 Å². The third kappa shape index (κ3) is 2.90. The molecule has 1 N–H and O–H groups in total. The smallest absolute Gasteiger partial charge is 0.343 e. The van der Waals surface area contributed by atoms with Crippen molar-refractivity contribution in [2.75, 3.05) is 13.1 Å². The lowest BCUT2D eigenvalue weighted by Gasteiger charge is -2.18. The summed E-state index contributed by atoms with van der Waals surface area (Å²) < 4.78 is 26.7. The van der Waals surface area contributed by atoms with Gasteiger partial charge in [-0.15, -0.1) is 0 Å². The Bertz CT molecular complexity index is 567. The molecule has 0 saturated carbocycles. The van der Waals surface area contributed by atoms with Gasteiger partial charge in [0.05, 0.1) is 13.0 Å². The molecule has 1 aliphatic heterocycles. The summed E-state index contributed by atoms with van der Waals surface area (Å²) in [5.74, 6) is -2.51. The molecular formula is C13H12ClF2NO3. The molecule has 4 nitrogen and oxygen atoms in total. The molecule has 1 heterocycles. The number of hydrogen-bond acceptors (Lipinski definition) is 2. The van der Waals surface area contributed by atoms with Crippen LogP contribution in [-0.4, -0.2) is 40.6 Å². The Morgan fingerprint density at radius 2 is 2.15 bits per heavy atom. The molecule has 0 aliphatic carbocycles. The zero-order valence-corrected chi connectivity index (χ0v) is 11.2. The Labute approximate surface area is 118 Å². The largest absolute Gasteiger partial charge is 0.479 e. The molecule has 108 valence electrons. The molecule has 1 aliphatic rings. The van der Waals surface area contributed by atoms with Gasteiger partial charge in [-0.05, 0) is 17.7 Å². The third-order valence-corrected chi connectivity index (χ3v) is 3.66. The zero-order valence-electron chi connectivity index (χ0n) is 10.4. The number of aliphatic carboxylic acids is 1. The maximum atomic E-state index is 13.8. The van der Waals surface area contributed by atoms with E-state index in [0.717, 1.165) is 11.0 Å². The zero-order chi connectivity index (χ0) is 14.9. The monoisotopic (exact) mass is 303 g/mol. The van der Waals surface area contributed by atoms with E-state index in [1.807, 2.05) is 0 Å². The summed E-state index contributed by atoms with van der Waals surface area (Å²) >= 11 is 5.81. The molecule has 1 amide bonds. The van der Waals surface area contributed by atoms with Gasteiger partial charge in [-0.1, -0.05) is 17.7 Å². The Balaban J connectivity index is 2.05. The van der Waals surface area contributed by atoms with Gasteiger partial charge in [0.15, 0.2) is 0 Å². The molecule has 0 spiro atoms. The minimum Gasteiger partial charge on any atom is -0.479 e. The number of carboxylic acid groups (broad SMARTS) is 1. The number of likely N-dealkylation sites (tertiary alicyclic amines) is 1. The molecule has 1 fully saturated rings. The first-order valence-electron chi connectivity index (χ1n) is 5.96. The van der Waals surface area contributed by atoms with Crippen LogP contribution in [0.15, 0.2) is 18.2 Å². The first kappa shape index (κ1) is 14.7. The van der Waals surface area contributed by atoms with Crippen molar-refractivity contribution in [3.8, 4) is 0 Å². The number of benzene rings is 1. The van der Waals surface area contributed by atoms with Crippen LogP contribution in [0.2, 0.25) is 5.02 Å². The highest BCUT2D eigenvalue weighted by Gasteiger charge is 2.46. The van der Waals surface area contributed by atoms with Gasteiger partial charge in [0.2, 0.25) is 11.6 Å². The van der Waals surface area contributed by atoms with E-state index in [1.165, 1.54) is 12.1 Å². The van der Waals surface area contributed by atoms with Gasteiger partial charge in [-0.2, -0.15) is 0 Å². The Hall–Kier alpha value is -1.69. The minimum absolute atomic E-state index is 0.0421. The second-order valence-corrected chi connectivity index (χ2v) is 5.16. The van der Waals surface area contributed by atoms with Gasteiger partial charge >= 0.3 is 5.97 Å². The van der Waals surface area contributed by atoms with E-state index in [-0.39, 0.29) is 24.4 Å². The lowest BCUT2D eigenvalue weighted by molar-refractivity contribution is -0.150. The normalized spacial score (nSPS) is 22.1. The van der Waals surface area contributed by atoms with Crippen molar-refractivity contribution in [3.63, 3.8) is 0 Å². The number of carboxylic acids is 1. The average Bonchev–Trinajstić information content (AvgIpc) is 2.77. The highest BCUT2D eigenvalue weighted by molar-refractivity contribution is 6.31.